The smallest absolute Gasteiger partial charge is 0.243 e. The molecule has 0 saturated carbocycles. The summed E-state index contributed by atoms with van der Waals surface area (Å²) in [6, 6.07) is 5.44. The molecule has 0 atom stereocenters. The van der Waals surface area contributed by atoms with Crippen molar-refractivity contribution in [2.75, 3.05) is 49.1 Å². The Balaban J connectivity index is 1.48. The Hall–Kier alpha value is -1.97. The van der Waals surface area contributed by atoms with E-state index in [0.29, 0.717) is 26.2 Å². The third-order valence-electron chi connectivity index (χ3n) is 5.56. The molecule has 4 rings (SSSR count). The van der Waals surface area contributed by atoms with Crippen LogP contribution in [0.25, 0.3) is 0 Å². The second kappa shape index (κ2) is 8.64. The number of aryl methyl sites for hydroxylation is 1. The Morgan fingerprint density at radius 2 is 1.63 bits per heavy atom. The van der Waals surface area contributed by atoms with Gasteiger partial charge in [-0.3, -0.25) is 0 Å². The summed E-state index contributed by atoms with van der Waals surface area (Å²) >= 11 is 5.77. The van der Waals surface area contributed by atoms with E-state index in [1.807, 2.05) is 13.0 Å². The van der Waals surface area contributed by atoms with Crippen molar-refractivity contribution in [1.82, 2.24) is 14.3 Å². The normalized spacial score (nSPS) is 18.6. The topological polar surface area (TPSA) is 69.6 Å². The Morgan fingerprint density at radius 1 is 0.933 bits per heavy atom. The second-order valence-corrected chi connectivity index (χ2v) is 10.0. The third-order valence-corrected chi connectivity index (χ3v) is 7.74. The Bertz CT molecular complexity index is 1020. The van der Waals surface area contributed by atoms with E-state index in [2.05, 4.69) is 14.8 Å². The molecule has 0 radical (unpaired) electrons. The van der Waals surface area contributed by atoms with Crippen molar-refractivity contribution >= 4 is 33.4 Å². The highest BCUT2D eigenvalue weighted by molar-refractivity contribution is 7.89. The molecule has 0 unspecified atom stereocenters. The summed E-state index contributed by atoms with van der Waals surface area (Å²) in [5, 5.41) is -0.198. The zero-order valence-electron chi connectivity index (χ0n) is 16.9. The summed E-state index contributed by atoms with van der Waals surface area (Å²) in [5.41, 5.74) is 0.900. The molecule has 2 aliphatic heterocycles. The van der Waals surface area contributed by atoms with Crippen LogP contribution in [-0.4, -0.2) is 62.0 Å². The van der Waals surface area contributed by atoms with Gasteiger partial charge in [0.15, 0.2) is 0 Å². The number of rotatable bonds is 4. The molecule has 7 nitrogen and oxygen atoms in total. The first kappa shape index (κ1) is 21.3. The molecular weight excluding hydrogens is 429 g/mol. The number of sulfonamides is 1. The number of piperazine rings is 1. The fourth-order valence-corrected chi connectivity index (χ4v) is 5.57. The van der Waals surface area contributed by atoms with Crippen LogP contribution in [0.2, 0.25) is 5.02 Å². The Kier molecular flexibility index (Phi) is 6.13. The predicted octanol–water partition coefficient (Wildman–Crippen LogP) is 3.08. The predicted molar refractivity (Wildman–Crippen MR) is 115 cm³/mol. The molecule has 1 aromatic heterocycles. The van der Waals surface area contributed by atoms with Crippen molar-refractivity contribution < 1.29 is 12.8 Å². The molecule has 0 spiro atoms. The number of benzene rings is 1. The van der Waals surface area contributed by atoms with Gasteiger partial charge in [-0.1, -0.05) is 11.6 Å². The molecule has 3 heterocycles. The molecule has 162 valence electrons. The first-order valence-corrected chi connectivity index (χ1v) is 12.0. The fraction of sp³-hybridized carbons (Fsp3) is 0.500. The highest BCUT2D eigenvalue weighted by Gasteiger charge is 2.30. The van der Waals surface area contributed by atoms with Crippen LogP contribution < -0.4 is 9.80 Å². The summed E-state index contributed by atoms with van der Waals surface area (Å²) in [4.78, 5) is 13.7. The van der Waals surface area contributed by atoms with Gasteiger partial charge in [-0.05, 0) is 44.4 Å². The van der Waals surface area contributed by atoms with Crippen molar-refractivity contribution in [3.8, 4) is 0 Å². The maximum atomic E-state index is 13.4. The van der Waals surface area contributed by atoms with Gasteiger partial charge < -0.3 is 9.80 Å². The van der Waals surface area contributed by atoms with E-state index >= 15 is 0 Å². The van der Waals surface area contributed by atoms with E-state index in [1.165, 1.54) is 16.8 Å². The molecule has 2 aromatic rings. The molecule has 0 N–H and O–H groups in total. The number of nitrogens with zero attached hydrogens (tertiary/aromatic N) is 5. The minimum Gasteiger partial charge on any atom is -0.354 e. The van der Waals surface area contributed by atoms with E-state index < -0.39 is 15.8 Å². The minimum atomic E-state index is -3.73. The zero-order chi connectivity index (χ0) is 21.3. The van der Waals surface area contributed by atoms with Crippen molar-refractivity contribution in [3.05, 3.63) is 40.8 Å². The lowest BCUT2D eigenvalue weighted by atomic mass is 10.1. The van der Waals surface area contributed by atoms with Crippen molar-refractivity contribution in [2.24, 2.45) is 0 Å². The number of halogens is 2. The summed E-state index contributed by atoms with van der Waals surface area (Å²) in [5.74, 6) is 0.940. The molecule has 0 bridgehead atoms. The van der Waals surface area contributed by atoms with Crippen LogP contribution in [0.4, 0.5) is 16.2 Å². The van der Waals surface area contributed by atoms with Crippen LogP contribution in [0.5, 0.6) is 0 Å². The van der Waals surface area contributed by atoms with Gasteiger partial charge in [0.05, 0.1) is 9.92 Å². The van der Waals surface area contributed by atoms with E-state index in [-0.39, 0.29) is 9.92 Å². The van der Waals surface area contributed by atoms with Crippen molar-refractivity contribution in [1.29, 1.82) is 0 Å². The third kappa shape index (κ3) is 4.38. The van der Waals surface area contributed by atoms with Gasteiger partial charge in [0, 0.05) is 51.0 Å². The van der Waals surface area contributed by atoms with Crippen molar-refractivity contribution in [2.45, 2.75) is 31.1 Å². The molecule has 2 saturated heterocycles. The van der Waals surface area contributed by atoms with Gasteiger partial charge in [-0.2, -0.15) is 9.29 Å². The number of hydrogen-bond donors (Lipinski definition) is 0. The van der Waals surface area contributed by atoms with Gasteiger partial charge in [0.2, 0.25) is 16.0 Å². The molecule has 10 heteroatoms. The van der Waals surface area contributed by atoms with Crippen molar-refractivity contribution in [3.63, 3.8) is 0 Å². The van der Waals surface area contributed by atoms with Crippen LogP contribution in [-0.2, 0) is 10.0 Å². The minimum absolute atomic E-state index is 0.00705. The Labute approximate surface area is 181 Å². The zero-order valence-corrected chi connectivity index (χ0v) is 18.5. The van der Waals surface area contributed by atoms with Gasteiger partial charge >= 0.3 is 0 Å². The lowest BCUT2D eigenvalue weighted by Crippen LogP contribution is -2.49. The van der Waals surface area contributed by atoms with Crippen LogP contribution in [0, 0.1) is 12.7 Å². The monoisotopic (exact) mass is 453 g/mol. The quantitative estimate of drug-likeness (QED) is 0.708. The van der Waals surface area contributed by atoms with E-state index in [9.17, 15) is 12.8 Å². The summed E-state index contributed by atoms with van der Waals surface area (Å²) in [6.07, 6.45) is 3.54. The molecule has 2 aliphatic rings. The lowest BCUT2D eigenvalue weighted by Gasteiger charge is -2.35. The standard InChI is InChI=1S/C20H25ClFN5O2S/c1-15-13-19(24-20(23-15)26-7-3-2-4-8-26)25-9-11-27(12-10-25)30(28,29)16-5-6-18(22)17(21)14-16/h5-6,13-14H,2-4,7-12H2,1H3. The second-order valence-electron chi connectivity index (χ2n) is 7.68. The lowest BCUT2D eigenvalue weighted by molar-refractivity contribution is 0.383. The average Bonchev–Trinajstić information content (AvgIpc) is 2.76. The largest absolute Gasteiger partial charge is 0.354 e. The van der Waals surface area contributed by atoms with Gasteiger partial charge in [-0.25, -0.2) is 17.8 Å². The highest BCUT2D eigenvalue weighted by Crippen LogP contribution is 2.25. The average molecular weight is 454 g/mol. The van der Waals surface area contributed by atoms with E-state index in [4.69, 9.17) is 16.6 Å². The van der Waals surface area contributed by atoms with Crippen LogP contribution in [0.15, 0.2) is 29.2 Å². The van der Waals surface area contributed by atoms with Crippen LogP contribution in [0.3, 0.4) is 0 Å². The molecule has 0 aliphatic carbocycles. The first-order valence-electron chi connectivity index (χ1n) is 10.2. The fourth-order valence-electron chi connectivity index (χ4n) is 3.88. The van der Waals surface area contributed by atoms with Gasteiger partial charge in [0.25, 0.3) is 0 Å². The number of hydrogen-bond acceptors (Lipinski definition) is 6. The number of piperidine rings is 1. The molecule has 1 aromatic carbocycles. The maximum absolute atomic E-state index is 13.4. The van der Waals surface area contributed by atoms with Crippen LogP contribution >= 0.6 is 11.6 Å². The van der Waals surface area contributed by atoms with E-state index in [1.54, 1.807) is 0 Å². The van der Waals surface area contributed by atoms with Crippen LogP contribution in [0.1, 0.15) is 25.0 Å². The van der Waals surface area contributed by atoms with E-state index in [0.717, 1.165) is 55.5 Å². The molecule has 0 amide bonds. The Morgan fingerprint density at radius 3 is 2.30 bits per heavy atom. The summed E-state index contributed by atoms with van der Waals surface area (Å²) in [7, 11) is -3.73. The molecular formula is C20H25ClFN5O2S. The number of aromatic nitrogens is 2. The molecule has 2 fully saturated rings. The highest BCUT2D eigenvalue weighted by atomic mass is 35.5. The SMILES string of the molecule is Cc1cc(N2CCN(S(=O)(=O)c3ccc(F)c(Cl)c3)CC2)nc(N2CCCCC2)n1. The molecule has 30 heavy (non-hydrogen) atoms. The van der Waals surface area contributed by atoms with Gasteiger partial charge in [-0.15, -0.1) is 0 Å². The summed E-state index contributed by atoms with van der Waals surface area (Å²) in [6.45, 7) is 5.56. The first-order chi connectivity index (χ1) is 14.3. The number of anilines is 2. The maximum Gasteiger partial charge on any atom is 0.243 e. The summed E-state index contributed by atoms with van der Waals surface area (Å²) < 4.78 is 40.6. The van der Waals surface area contributed by atoms with Gasteiger partial charge in [0.1, 0.15) is 11.6 Å².